The summed E-state index contributed by atoms with van der Waals surface area (Å²) in [5, 5.41) is 0. The van der Waals surface area contributed by atoms with Crippen molar-refractivity contribution < 1.29 is 28.6 Å². The van der Waals surface area contributed by atoms with Crippen LogP contribution >= 0.6 is 0 Å². The summed E-state index contributed by atoms with van der Waals surface area (Å²) < 4.78 is 16.7. The Labute approximate surface area is 380 Å². The monoisotopic (exact) mass is 859 g/mol. The number of carbonyl (C=O) groups is 3. The first-order chi connectivity index (χ1) is 30.5. The molecule has 0 spiro atoms. The van der Waals surface area contributed by atoms with Gasteiger partial charge in [-0.15, -0.1) is 0 Å². The molecule has 0 saturated heterocycles. The highest BCUT2D eigenvalue weighted by molar-refractivity contribution is 5.71. The average molecular weight is 859 g/mol. The molecule has 0 aliphatic rings. The van der Waals surface area contributed by atoms with E-state index >= 15 is 0 Å². The van der Waals surface area contributed by atoms with Gasteiger partial charge in [0.1, 0.15) is 13.2 Å². The van der Waals surface area contributed by atoms with E-state index in [1.54, 1.807) is 0 Å². The van der Waals surface area contributed by atoms with Crippen LogP contribution in [0.25, 0.3) is 0 Å². The highest BCUT2D eigenvalue weighted by Gasteiger charge is 2.19. The van der Waals surface area contributed by atoms with Gasteiger partial charge in [-0.3, -0.25) is 14.4 Å². The molecule has 350 valence electrons. The Kier molecular flexibility index (Phi) is 46.6. The molecule has 0 radical (unpaired) electrons. The van der Waals surface area contributed by atoms with Crippen molar-refractivity contribution in [2.75, 3.05) is 13.2 Å². The van der Waals surface area contributed by atoms with E-state index in [1.807, 2.05) is 0 Å². The van der Waals surface area contributed by atoms with Gasteiger partial charge in [-0.2, -0.15) is 0 Å². The van der Waals surface area contributed by atoms with E-state index in [2.05, 4.69) is 130 Å². The lowest BCUT2D eigenvalue weighted by atomic mass is 10.1. The molecule has 1 unspecified atom stereocenters. The zero-order valence-electron chi connectivity index (χ0n) is 39.8. The molecule has 0 rings (SSSR count). The minimum Gasteiger partial charge on any atom is -0.462 e. The summed E-state index contributed by atoms with van der Waals surface area (Å²) in [6.45, 7) is 6.28. The van der Waals surface area contributed by atoms with Crippen molar-refractivity contribution in [1.29, 1.82) is 0 Å². The van der Waals surface area contributed by atoms with Crippen molar-refractivity contribution in [2.45, 2.75) is 213 Å². The fraction of sp³-hybridized carbons (Fsp3) is 0.625. The zero-order chi connectivity index (χ0) is 45.1. The molecule has 0 heterocycles. The largest absolute Gasteiger partial charge is 0.462 e. The molecule has 0 aromatic heterocycles. The first kappa shape index (κ1) is 58.1. The summed E-state index contributed by atoms with van der Waals surface area (Å²) in [5.41, 5.74) is 0. The van der Waals surface area contributed by atoms with E-state index in [1.165, 1.54) is 51.4 Å². The molecule has 0 aromatic carbocycles. The van der Waals surface area contributed by atoms with E-state index in [-0.39, 0.29) is 37.5 Å². The van der Waals surface area contributed by atoms with Crippen LogP contribution in [0.3, 0.4) is 0 Å². The SMILES string of the molecule is CC\C=C/C=C\C=C/CCCCCCCCCC(=O)OC(COC(=O)CCC/C=C\C/C=C\C/C=C\CC)COC(=O)CCCCCCC\C=C/C=C\C=C/CCCCCCC. The van der Waals surface area contributed by atoms with E-state index in [4.69, 9.17) is 14.2 Å². The van der Waals surface area contributed by atoms with Crippen LogP contribution in [0, 0.1) is 0 Å². The molecule has 6 nitrogen and oxygen atoms in total. The third-order valence-corrected chi connectivity index (χ3v) is 10.1. The highest BCUT2D eigenvalue weighted by atomic mass is 16.6. The van der Waals surface area contributed by atoms with Gasteiger partial charge >= 0.3 is 17.9 Å². The van der Waals surface area contributed by atoms with Crippen molar-refractivity contribution in [3.05, 3.63) is 109 Å². The molecular formula is C56H90O6. The van der Waals surface area contributed by atoms with Crippen LogP contribution in [0.1, 0.15) is 207 Å². The Morgan fingerprint density at radius 1 is 0.355 bits per heavy atom. The minimum absolute atomic E-state index is 0.112. The molecule has 62 heavy (non-hydrogen) atoms. The van der Waals surface area contributed by atoms with Gasteiger partial charge in [-0.05, 0) is 89.9 Å². The van der Waals surface area contributed by atoms with Crippen LogP contribution in [0.5, 0.6) is 0 Å². The summed E-state index contributed by atoms with van der Waals surface area (Å²) >= 11 is 0. The summed E-state index contributed by atoms with van der Waals surface area (Å²) in [4.78, 5) is 37.9. The van der Waals surface area contributed by atoms with Crippen molar-refractivity contribution in [3.63, 3.8) is 0 Å². The molecule has 6 heteroatoms. The Balaban J connectivity index is 4.49. The molecule has 0 bridgehead atoms. The predicted molar refractivity (Wildman–Crippen MR) is 265 cm³/mol. The summed E-state index contributed by atoms with van der Waals surface area (Å²) in [7, 11) is 0. The van der Waals surface area contributed by atoms with Gasteiger partial charge in [0.15, 0.2) is 6.10 Å². The number of allylic oxidation sites excluding steroid dienone is 18. The first-order valence-electron chi connectivity index (χ1n) is 25.0. The molecule has 0 amide bonds. The van der Waals surface area contributed by atoms with Gasteiger partial charge < -0.3 is 14.2 Å². The van der Waals surface area contributed by atoms with Gasteiger partial charge in [-0.25, -0.2) is 0 Å². The number of carbonyl (C=O) groups excluding carboxylic acids is 3. The Morgan fingerprint density at radius 3 is 1.21 bits per heavy atom. The molecule has 0 saturated carbocycles. The number of hydrogen-bond acceptors (Lipinski definition) is 6. The maximum absolute atomic E-state index is 12.8. The molecule has 0 N–H and O–H groups in total. The molecule has 0 fully saturated rings. The van der Waals surface area contributed by atoms with Crippen LogP contribution < -0.4 is 0 Å². The standard InChI is InChI=1S/C56H90O6/c1-4-7-10-13-16-19-22-24-26-27-28-30-31-34-37-40-43-46-49-55(58)61-52-53(51-60-54(57)48-45-42-39-36-33-21-18-15-12-9-6-3)62-56(59)50-47-44-41-38-35-32-29-25-23-20-17-14-11-8-5-2/h8-9,11-12,14,17-18,20-24,26-28,30,36,39,53H,4-7,10,13,15-16,19,25,29,31-35,37-38,40-52H2,1-3H3/b11-8-,12-9-,17-14-,21-18-,23-20-,24-22-,27-26-,30-28-,39-36-. The van der Waals surface area contributed by atoms with Crippen molar-refractivity contribution >= 4 is 17.9 Å². The zero-order valence-corrected chi connectivity index (χ0v) is 39.8. The van der Waals surface area contributed by atoms with Crippen LogP contribution in [0.4, 0.5) is 0 Å². The molecular weight excluding hydrogens is 769 g/mol. The third kappa shape index (κ3) is 47.1. The second kappa shape index (κ2) is 49.7. The smallest absolute Gasteiger partial charge is 0.306 e. The lowest BCUT2D eigenvalue weighted by molar-refractivity contribution is -0.167. The van der Waals surface area contributed by atoms with E-state index < -0.39 is 6.10 Å². The highest BCUT2D eigenvalue weighted by Crippen LogP contribution is 2.13. The van der Waals surface area contributed by atoms with Crippen molar-refractivity contribution in [3.8, 4) is 0 Å². The van der Waals surface area contributed by atoms with Crippen LogP contribution in [-0.2, 0) is 28.6 Å². The van der Waals surface area contributed by atoms with Gasteiger partial charge in [0.25, 0.3) is 0 Å². The second-order valence-corrected chi connectivity index (χ2v) is 16.1. The lowest BCUT2D eigenvalue weighted by Gasteiger charge is -2.18. The van der Waals surface area contributed by atoms with Crippen molar-refractivity contribution in [1.82, 2.24) is 0 Å². The molecule has 0 aliphatic heterocycles. The quantitative estimate of drug-likeness (QED) is 0.0200. The Hall–Kier alpha value is -3.93. The van der Waals surface area contributed by atoms with E-state index in [0.29, 0.717) is 19.3 Å². The number of ether oxygens (including phenoxy) is 3. The van der Waals surface area contributed by atoms with Gasteiger partial charge in [0, 0.05) is 19.3 Å². The number of esters is 3. The normalized spacial score (nSPS) is 13.0. The third-order valence-electron chi connectivity index (χ3n) is 10.1. The summed E-state index contributed by atoms with van der Waals surface area (Å²) in [6.07, 6.45) is 66.5. The summed E-state index contributed by atoms with van der Waals surface area (Å²) in [6, 6.07) is 0. The molecule has 0 aromatic rings. The van der Waals surface area contributed by atoms with E-state index in [9.17, 15) is 14.4 Å². The maximum Gasteiger partial charge on any atom is 0.306 e. The maximum atomic E-state index is 12.8. The fourth-order valence-corrected chi connectivity index (χ4v) is 6.41. The minimum atomic E-state index is -0.814. The van der Waals surface area contributed by atoms with Gasteiger partial charge in [0.2, 0.25) is 0 Å². The van der Waals surface area contributed by atoms with Crippen LogP contribution in [0.15, 0.2) is 109 Å². The number of hydrogen-bond donors (Lipinski definition) is 0. The molecule has 0 aliphatic carbocycles. The topological polar surface area (TPSA) is 78.9 Å². The van der Waals surface area contributed by atoms with Gasteiger partial charge in [0.05, 0.1) is 0 Å². The Morgan fingerprint density at radius 2 is 0.726 bits per heavy atom. The van der Waals surface area contributed by atoms with Gasteiger partial charge in [-0.1, -0.05) is 207 Å². The fourth-order valence-electron chi connectivity index (χ4n) is 6.41. The average Bonchev–Trinajstić information content (AvgIpc) is 3.27. The number of rotatable bonds is 43. The van der Waals surface area contributed by atoms with Crippen molar-refractivity contribution in [2.24, 2.45) is 0 Å². The van der Waals surface area contributed by atoms with E-state index in [0.717, 1.165) is 109 Å². The predicted octanol–water partition coefficient (Wildman–Crippen LogP) is 16.4. The number of unbranched alkanes of at least 4 members (excludes halogenated alkanes) is 18. The first-order valence-corrected chi connectivity index (χ1v) is 25.0. The lowest BCUT2D eigenvalue weighted by Crippen LogP contribution is -2.30. The molecule has 1 atom stereocenters. The summed E-state index contributed by atoms with van der Waals surface area (Å²) in [5.74, 6) is -1.01. The second-order valence-electron chi connectivity index (χ2n) is 16.1. The van der Waals surface area contributed by atoms with Crippen LogP contribution in [0.2, 0.25) is 0 Å². The Bertz CT molecular complexity index is 1310. The van der Waals surface area contributed by atoms with Crippen LogP contribution in [-0.4, -0.2) is 37.2 Å².